The molecule has 4 rings (SSSR count). The lowest BCUT2D eigenvalue weighted by atomic mass is 10.0. The highest BCUT2D eigenvalue weighted by Crippen LogP contribution is 2.28. The van der Waals surface area contributed by atoms with Crippen molar-refractivity contribution in [1.82, 2.24) is 10.3 Å². The minimum Gasteiger partial charge on any atom is -0.497 e. The van der Waals surface area contributed by atoms with Gasteiger partial charge in [-0.2, -0.15) is 0 Å². The second-order valence-corrected chi connectivity index (χ2v) is 8.22. The van der Waals surface area contributed by atoms with Crippen molar-refractivity contribution in [2.75, 3.05) is 13.7 Å². The summed E-state index contributed by atoms with van der Waals surface area (Å²) in [5.74, 6) is 1.62. The third-order valence-electron chi connectivity index (χ3n) is 5.23. The van der Waals surface area contributed by atoms with E-state index in [0.717, 1.165) is 40.0 Å². The molecule has 3 aromatic rings. The van der Waals surface area contributed by atoms with Gasteiger partial charge in [0.25, 0.3) is 0 Å². The maximum absolute atomic E-state index is 6.10. The first-order chi connectivity index (χ1) is 17.0. The third kappa shape index (κ3) is 8.32. The van der Waals surface area contributed by atoms with E-state index in [1.54, 1.807) is 13.3 Å². The molecule has 4 heteroatoms. The molecule has 0 saturated heterocycles. The SMILES string of the molecule is C=C(/C=C\C1CC(COc2ccnc3cc(OC)ccc23)=CN1)c1cccc(C)c1.CC.CCC. The molecule has 0 aliphatic carbocycles. The number of methoxy groups -OCH3 is 1. The van der Waals surface area contributed by atoms with E-state index < -0.39 is 0 Å². The number of pyridine rings is 1. The van der Waals surface area contributed by atoms with E-state index in [4.69, 9.17) is 9.47 Å². The van der Waals surface area contributed by atoms with Crippen molar-refractivity contribution >= 4 is 16.5 Å². The van der Waals surface area contributed by atoms with Crippen LogP contribution < -0.4 is 14.8 Å². The Morgan fingerprint density at radius 3 is 2.63 bits per heavy atom. The summed E-state index contributed by atoms with van der Waals surface area (Å²) in [4.78, 5) is 4.41. The molecule has 0 saturated carbocycles. The molecule has 186 valence electrons. The molecule has 2 heterocycles. The van der Waals surface area contributed by atoms with E-state index >= 15 is 0 Å². The summed E-state index contributed by atoms with van der Waals surface area (Å²) in [6, 6.07) is 16.4. The van der Waals surface area contributed by atoms with Gasteiger partial charge in [0.1, 0.15) is 18.1 Å². The van der Waals surface area contributed by atoms with Gasteiger partial charge in [-0.1, -0.05) is 82.7 Å². The van der Waals surface area contributed by atoms with E-state index in [1.807, 2.05) is 38.1 Å². The molecule has 0 radical (unpaired) electrons. The lowest BCUT2D eigenvalue weighted by molar-refractivity contribution is 0.352. The number of aryl methyl sites for hydroxylation is 1. The molecule has 1 aliphatic rings. The van der Waals surface area contributed by atoms with E-state index in [2.05, 4.69) is 80.3 Å². The molecular weight excluding hydrogens is 432 g/mol. The molecule has 1 N–H and O–H groups in total. The van der Waals surface area contributed by atoms with E-state index in [1.165, 1.54) is 17.6 Å². The van der Waals surface area contributed by atoms with Gasteiger partial charge in [-0.25, -0.2) is 0 Å². The fourth-order valence-corrected chi connectivity index (χ4v) is 3.55. The largest absolute Gasteiger partial charge is 0.497 e. The van der Waals surface area contributed by atoms with Crippen LogP contribution in [0.4, 0.5) is 0 Å². The lowest BCUT2D eigenvalue weighted by Gasteiger charge is -2.11. The molecule has 1 atom stereocenters. The first kappa shape index (κ1) is 27.7. The van der Waals surface area contributed by atoms with Gasteiger partial charge < -0.3 is 14.8 Å². The average molecular weight is 473 g/mol. The quantitative estimate of drug-likeness (QED) is 0.355. The number of hydrogen-bond acceptors (Lipinski definition) is 4. The Morgan fingerprint density at radius 1 is 1.14 bits per heavy atom. The Balaban J connectivity index is 0.000000803. The van der Waals surface area contributed by atoms with Crippen LogP contribution >= 0.6 is 0 Å². The van der Waals surface area contributed by atoms with Crippen molar-refractivity contribution in [3.8, 4) is 11.5 Å². The van der Waals surface area contributed by atoms with Crippen LogP contribution in [0.1, 0.15) is 51.7 Å². The predicted molar refractivity (Wildman–Crippen MR) is 150 cm³/mol. The minimum absolute atomic E-state index is 0.253. The highest BCUT2D eigenvalue weighted by Gasteiger charge is 2.15. The summed E-state index contributed by atoms with van der Waals surface area (Å²) in [5.41, 5.74) is 5.50. The van der Waals surface area contributed by atoms with Gasteiger partial charge in [0.15, 0.2) is 0 Å². The Kier molecular flexibility index (Phi) is 11.6. The van der Waals surface area contributed by atoms with Crippen molar-refractivity contribution < 1.29 is 9.47 Å². The number of aromatic nitrogens is 1. The molecule has 1 unspecified atom stereocenters. The average Bonchev–Trinajstić information content (AvgIpc) is 3.35. The number of ether oxygens (including phenoxy) is 2. The number of nitrogens with one attached hydrogen (secondary N) is 1. The standard InChI is InChI=1S/C26H26N2O2.C3H8.C2H6/c1-18-5-4-6-21(13-18)19(2)7-8-22-14-20(16-28-22)17-30-26-11-12-27-25-15-23(29-3)9-10-24(25)26;1-3-2;1-2/h4-13,15-16,22,28H,2,14,17H2,1,3H3;3H2,1-2H3;1-2H3/b8-7-;;. The molecule has 0 amide bonds. The summed E-state index contributed by atoms with van der Waals surface area (Å²) in [5, 5.41) is 4.40. The van der Waals surface area contributed by atoms with Crippen LogP contribution in [-0.4, -0.2) is 24.7 Å². The van der Waals surface area contributed by atoms with Gasteiger partial charge in [-0.15, -0.1) is 0 Å². The van der Waals surface area contributed by atoms with Crippen LogP contribution in [-0.2, 0) is 0 Å². The number of nitrogens with zero attached hydrogens (tertiary/aromatic N) is 1. The Morgan fingerprint density at radius 2 is 1.91 bits per heavy atom. The summed E-state index contributed by atoms with van der Waals surface area (Å²) in [7, 11) is 1.65. The first-order valence-electron chi connectivity index (χ1n) is 12.5. The molecule has 35 heavy (non-hydrogen) atoms. The molecular formula is C31H40N2O2. The van der Waals surface area contributed by atoms with Crippen molar-refractivity contribution in [2.24, 2.45) is 0 Å². The van der Waals surface area contributed by atoms with Crippen molar-refractivity contribution in [3.63, 3.8) is 0 Å². The van der Waals surface area contributed by atoms with Crippen molar-refractivity contribution in [1.29, 1.82) is 0 Å². The summed E-state index contributed by atoms with van der Waals surface area (Å²) in [6.45, 7) is 15.1. The highest BCUT2D eigenvalue weighted by atomic mass is 16.5. The van der Waals surface area contributed by atoms with Crippen LogP contribution in [0, 0.1) is 6.92 Å². The summed E-state index contributed by atoms with van der Waals surface area (Å²) in [6.07, 6.45) is 10.2. The highest BCUT2D eigenvalue weighted by molar-refractivity contribution is 5.86. The van der Waals surface area contributed by atoms with Crippen molar-refractivity contribution in [2.45, 2.75) is 53.5 Å². The van der Waals surface area contributed by atoms with Gasteiger partial charge in [0.2, 0.25) is 0 Å². The molecule has 1 aliphatic heterocycles. The fraction of sp³-hybridized carbons (Fsp3) is 0.323. The number of fused-ring (bicyclic) bond motifs is 1. The van der Waals surface area contributed by atoms with Gasteiger partial charge in [0.05, 0.1) is 12.6 Å². The maximum atomic E-state index is 6.10. The smallest absolute Gasteiger partial charge is 0.130 e. The van der Waals surface area contributed by atoms with Crippen LogP contribution in [0.15, 0.2) is 85.2 Å². The van der Waals surface area contributed by atoms with E-state index in [9.17, 15) is 0 Å². The summed E-state index contributed by atoms with van der Waals surface area (Å²) < 4.78 is 11.4. The molecule has 1 aromatic heterocycles. The third-order valence-corrected chi connectivity index (χ3v) is 5.23. The fourth-order valence-electron chi connectivity index (χ4n) is 3.55. The molecule has 0 spiro atoms. The normalized spacial score (nSPS) is 14.2. The monoisotopic (exact) mass is 472 g/mol. The number of rotatable bonds is 7. The Labute approximate surface area is 211 Å². The van der Waals surface area contributed by atoms with Crippen LogP contribution in [0.25, 0.3) is 16.5 Å². The van der Waals surface area contributed by atoms with Gasteiger partial charge in [0, 0.05) is 23.7 Å². The van der Waals surface area contributed by atoms with E-state index in [0.29, 0.717) is 6.61 Å². The Hall–Kier alpha value is -3.53. The number of hydrogen-bond donors (Lipinski definition) is 1. The second-order valence-electron chi connectivity index (χ2n) is 8.22. The zero-order valence-corrected chi connectivity index (χ0v) is 22.1. The number of allylic oxidation sites excluding steroid dienone is 2. The summed E-state index contributed by atoms with van der Waals surface area (Å²) >= 11 is 0. The van der Waals surface area contributed by atoms with Crippen LogP contribution in [0.3, 0.4) is 0 Å². The zero-order valence-electron chi connectivity index (χ0n) is 22.1. The van der Waals surface area contributed by atoms with Crippen LogP contribution in [0.2, 0.25) is 0 Å². The number of benzene rings is 2. The Bertz CT molecular complexity index is 1150. The molecule has 4 nitrogen and oxygen atoms in total. The van der Waals surface area contributed by atoms with Gasteiger partial charge >= 0.3 is 0 Å². The van der Waals surface area contributed by atoms with E-state index in [-0.39, 0.29) is 6.04 Å². The second kappa shape index (κ2) is 14.7. The topological polar surface area (TPSA) is 43.4 Å². The maximum Gasteiger partial charge on any atom is 0.130 e. The van der Waals surface area contributed by atoms with Gasteiger partial charge in [-0.3, -0.25) is 4.98 Å². The lowest BCUT2D eigenvalue weighted by Crippen LogP contribution is -2.15. The molecule has 0 fully saturated rings. The molecule has 2 aromatic carbocycles. The predicted octanol–water partition coefficient (Wildman–Crippen LogP) is 7.89. The van der Waals surface area contributed by atoms with Crippen LogP contribution in [0.5, 0.6) is 11.5 Å². The minimum atomic E-state index is 0.253. The zero-order chi connectivity index (χ0) is 25.6. The van der Waals surface area contributed by atoms with Gasteiger partial charge in [-0.05, 0) is 54.5 Å². The first-order valence-corrected chi connectivity index (χ1v) is 12.5. The van der Waals surface area contributed by atoms with Crippen molar-refractivity contribution in [3.05, 3.63) is 96.4 Å². The molecule has 0 bridgehead atoms.